The number of rotatable bonds is 7. The molecule has 180 valence electrons. The third-order valence-corrected chi connectivity index (χ3v) is 6.35. The highest BCUT2D eigenvalue weighted by atomic mass is 35.5. The van der Waals surface area contributed by atoms with Crippen LogP contribution in [-0.2, 0) is 25.4 Å². The van der Waals surface area contributed by atoms with Gasteiger partial charge in [0.1, 0.15) is 17.8 Å². The Bertz CT molecular complexity index is 1380. The Balaban J connectivity index is 1.40. The average Bonchev–Trinajstić information content (AvgIpc) is 2.82. The lowest BCUT2D eigenvalue weighted by molar-refractivity contribution is -0.137. The van der Waals surface area contributed by atoms with Crippen LogP contribution in [0.1, 0.15) is 22.3 Å². The highest BCUT2D eigenvalue weighted by Gasteiger charge is 2.33. The first-order chi connectivity index (χ1) is 16.7. The number of nitrogens with zero attached hydrogens (tertiary/aromatic N) is 4. The Morgan fingerprint density at radius 2 is 1.71 bits per heavy atom. The molecule has 11 heteroatoms. The van der Waals surface area contributed by atoms with E-state index in [1.807, 2.05) is 7.05 Å². The van der Waals surface area contributed by atoms with Gasteiger partial charge in [0.2, 0.25) is 0 Å². The molecule has 0 saturated carbocycles. The first-order valence-electron chi connectivity index (χ1n) is 10.3. The number of hydrogen-bond donors (Lipinski definition) is 0. The van der Waals surface area contributed by atoms with Gasteiger partial charge in [0.15, 0.2) is 5.16 Å². The van der Waals surface area contributed by atoms with Gasteiger partial charge in [0, 0.05) is 43.4 Å². The summed E-state index contributed by atoms with van der Waals surface area (Å²) < 4.78 is 46.5. The van der Waals surface area contributed by atoms with Crippen LogP contribution in [0.2, 0.25) is 5.02 Å². The lowest BCUT2D eigenvalue weighted by Gasteiger charge is -2.12. The number of hydrogen-bond acceptors (Lipinski definition) is 6. The lowest BCUT2D eigenvalue weighted by Crippen LogP contribution is -2.18. The largest absolute Gasteiger partial charge is 0.457 e. The number of benzene rings is 2. The Hall–Kier alpha value is -3.37. The first kappa shape index (κ1) is 24.7. The summed E-state index contributed by atoms with van der Waals surface area (Å²) >= 11 is 7.04. The zero-order chi connectivity index (χ0) is 25.0. The van der Waals surface area contributed by atoms with Crippen LogP contribution < -0.4 is 10.3 Å². The van der Waals surface area contributed by atoms with Gasteiger partial charge in [-0.2, -0.15) is 18.2 Å². The minimum Gasteiger partial charge on any atom is -0.457 e. The fraction of sp³-hybridized carbons (Fsp3) is 0.167. The van der Waals surface area contributed by atoms with Gasteiger partial charge in [0.25, 0.3) is 5.56 Å². The van der Waals surface area contributed by atoms with Crippen molar-refractivity contribution >= 4 is 23.4 Å². The predicted molar refractivity (Wildman–Crippen MR) is 127 cm³/mol. The van der Waals surface area contributed by atoms with E-state index in [1.165, 1.54) is 24.2 Å². The first-order valence-corrected chi connectivity index (χ1v) is 11.6. The van der Waals surface area contributed by atoms with E-state index in [2.05, 4.69) is 15.0 Å². The third-order valence-electron chi connectivity index (χ3n) is 4.90. The number of alkyl halides is 3. The minimum absolute atomic E-state index is 0.0326. The zero-order valence-corrected chi connectivity index (χ0v) is 19.9. The van der Waals surface area contributed by atoms with Gasteiger partial charge in [-0.3, -0.25) is 4.79 Å². The fourth-order valence-electron chi connectivity index (χ4n) is 3.20. The van der Waals surface area contributed by atoms with Gasteiger partial charge in [0.05, 0.1) is 10.6 Å². The second-order valence-electron chi connectivity index (χ2n) is 7.56. The fourth-order valence-corrected chi connectivity index (χ4v) is 4.32. The van der Waals surface area contributed by atoms with Crippen molar-refractivity contribution in [1.82, 2.24) is 19.5 Å². The molecule has 0 bridgehead atoms. The Kier molecular flexibility index (Phi) is 7.42. The standard InChI is InChI=1S/C24H18ClF3N4O2S/c1-32-12-17(8-16-10-29-14-30-11-16)22(33)31-23(32)35-13-15-2-4-18(5-3-15)34-19-6-7-21(25)20(9-19)24(26,27)28/h2-7,9-12,14H,8,13H2,1H3. The smallest absolute Gasteiger partial charge is 0.417 e. The summed E-state index contributed by atoms with van der Waals surface area (Å²) in [6, 6.07) is 10.3. The van der Waals surface area contributed by atoms with E-state index >= 15 is 0 Å². The molecule has 0 aliphatic rings. The second kappa shape index (κ2) is 10.5. The number of aryl methyl sites for hydroxylation is 1. The van der Waals surface area contributed by atoms with Crippen molar-refractivity contribution in [3.05, 3.63) is 105 Å². The molecule has 0 aliphatic heterocycles. The van der Waals surface area contributed by atoms with Crippen LogP contribution in [0.25, 0.3) is 0 Å². The summed E-state index contributed by atoms with van der Waals surface area (Å²) in [6.07, 6.45) is 2.32. The van der Waals surface area contributed by atoms with Crippen LogP contribution in [-0.4, -0.2) is 19.5 Å². The molecule has 35 heavy (non-hydrogen) atoms. The zero-order valence-electron chi connectivity index (χ0n) is 18.3. The van der Waals surface area contributed by atoms with E-state index in [1.54, 1.807) is 47.4 Å². The second-order valence-corrected chi connectivity index (χ2v) is 8.91. The van der Waals surface area contributed by atoms with E-state index < -0.39 is 11.7 Å². The molecule has 2 aromatic carbocycles. The number of ether oxygens (including phenoxy) is 1. The molecule has 0 atom stereocenters. The summed E-state index contributed by atoms with van der Waals surface area (Å²) in [5.74, 6) is 0.949. The predicted octanol–water partition coefficient (Wildman–Crippen LogP) is 5.92. The highest BCUT2D eigenvalue weighted by molar-refractivity contribution is 7.98. The third kappa shape index (κ3) is 6.40. The van der Waals surface area contributed by atoms with Crippen molar-refractivity contribution < 1.29 is 17.9 Å². The van der Waals surface area contributed by atoms with Crippen molar-refractivity contribution in [3.63, 3.8) is 0 Å². The average molecular weight is 519 g/mol. The van der Waals surface area contributed by atoms with Crippen LogP contribution in [0.4, 0.5) is 13.2 Å². The van der Waals surface area contributed by atoms with Crippen LogP contribution in [0.15, 0.2) is 77.3 Å². The van der Waals surface area contributed by atoms with Gasteiger partial charge in [-0.1, -0.05) is 35.5 Å². The quantitative estimate of drug-likeness (QED) is 0.223. The molecule has 2 heterocycles. The molecule has 0 spiro atoms. The Morgan fingerprint density at radius 3 is 2.40 bits per heavy atom. The summed E-state index contributed by atoms with van der Waals surface area (Å²) in [7, 11) is 1.82. The van der Waals surface area contributed by atoms with Crippen LogP contribution >= 0.6 is 23.4 Å². The Labute approximate surface area is 207 Å². The van der Waals surface area contributed by atoms with Gasteiger partial charge in [-0.15, -0.1) is 0 Å². The summed E-state index contributed by atoms with van der Waals surface area (Å²) in [5, 5.41) is 0.173. The van der Waals surface area contributed by atoms with Crippen LogP contribution in [0.3, 0.4) is 0 Å². The number of aromatic nitrogens is 4. The maximum atomic E-state index is 13.0. The summed E-state index contributed by atoms with van der Waals surface area (Å²) in [4.78, 5) is 24.6. The maximum absolute atomic E-state index is 13.0. The maximum Gasteiger partial charge on any atom is 0.417 e. The highest BCUT2D eigenvalue weighted by Crippen LogP contribution is 2.37. The molecular formula is C24H18ClF3N4O2S. The number of thioether (sulfide) groups is 1. The molecule has 4 aromatic rings. The molecule has 2 aromatic heterocycles. The van der Waals surface area contributed by atoms with Crippen LogP contribution in [0, 0.1) is 0 Å². The lowest BCUT2D eigenvalue weighted by atomic mass is 10.1. The molecule has 4 rings (SSSR count). The van der Waals surface area contributed by atoms with E-state index in [-0.39, 0.29) is 16.3 Å². The molecular weight excluding hydrogens is 501 g/mol. The SMILES string of the molecule is Cn1cc(Cc2cncnc2)c(=O)nc1SCc1ccc(Oc2ccc(Cl)c(C(F)(F)F)c2)cc1. The van der Waals surface area contributed by atoms with Gasteiger partial charge in [-0.25, -0.2) is 9.97 Å². The molecule has 0 N–H and O–H groups in total. The normalized spacial score (nSPS) is 11.5. The molecule has 0 unspecified atom stereocenters. The molecule has 0 saturated heterocycles. The van der Waals surface area contributed by atoms with Crippen molar-refractivity contribution in [2.75, 3.05) is 0 Å². The monoisotopic (exact) mass is 518 g/mol. The van der Waals surface area contributed by atoms with E-state index in [9.17, 15) is 18.0 Å². The molecule has 6 nitrogen and oxygen atoms in total. The Morgan fingerprint density at radius 1 is 1.03 bits per heavy atom. The van der Waals surface area contributed by atoms with E-state index in [4.69, 9.17) is 16.3 Å². The van der Waals surface area contributed by atoms with Gasteiger partial charge in [-0.05, 0) is 41.5 Å². The molecule has 0 amide bonds. The van der Waals surface area contributed by atoms with Gasteiger partial charge >= 0.3 is 6.18 Å². The summed E-state index contributed by atoms with van der Waals surface area (Å²) in [5.41, 5.74) is 1.03. The van der Waals surface area contributed by atoms with E-state index in [0.29, 0.717) is 28.6 Å². The van der Waals surface area contributed by atoms with Crippen LogP contribution in [0.5, 0.6) is 11.5 Å². The van der Waals surface area contributed by atoms with Crippen molar-refractivity contribution in [2.24, 2.45) is 7.05 Å². The summed E-state index contributed by atoms with van der Waals surface area (Å²) in [6.45, 7) is 0. The van der Waals surface area contributed by atoms with Crippen molar-refractivity contribution in [2.45, 2.75) is 23.5 Å². The van der Waals surface area contributed by atoms with Gasteiger partial charge < -0.3 is 9.30 Å². The number of halogens is 4. The topological polar surface area (TPSA) is 69.9 Å². The van der Waals surface area contributed by atoms with Crippen molar-refractivity contribution in [1.29, 1.82) is 0 Å². The van der Waals surface area contributed by atoms with E-state index in [0.717, 1.165) is 23.3 Å². The molecule has 0 aliphatic carbocycles. The minimum atomic E-state index is -4.57. The molecule has 0 radical (unpaired) electrons. The van der Waals surface area contributed by atoms with Crippen molar-refractivity contribution in [3.8, 4) is 11.5 Å². The molecule has 0 fully saturated rings.